The number of anilines is 2. The number of imide groups is 1. The maximum absolute atomic E-state index is 14.4. The van der Waals surface area contributed by atoms with Gasteiger partial charge in [-0.05, 0) is 83.9 Å². The molecule has 92 heavy (non-hydrogen) atoms. The number of benzene rings is 3. The molecular weight excluding hydrogens is 1230 g/mol. The number of aromatic amines is 1. The Hall–Kier alpha value is -8.31. The number of aliphatic hydroxyl groups is 4. The number of thioether (sulfide) groups is 1. The number of alkyl halides is 1. The van der Waals surface area contributed by atoms with Crippen molar-refractivity contribution in [2.24, 2.45) is 17.1 Å². The molecule has 0 saturated carbocycles. The van der Waals surface area contributed by atoms with Crippen molar-refractivity contribution < 1.29 is 77.8 Å². The fourth-order valence-corrected chi connectivity index (χ4v) is 11.6. The Morgan fingerprint density at radius 2 is 1.64 bits per heavy atom. The summed E-state index contributed by atoms with van der Waals surface area (Å²) in [6, 6.07) is 12.4. The second kappa shape index (κ2) is 32.3. The number of aliphatic hydroxyl groups excluding tert-OH is 4. The molecule has 28 heteroatoms. The summed E-state index contributed by atoms with van der Waals surface area (Å²) in [4.78, 5) is 123. The molecule has 496 valence electrons. The summed E-state index contributed by atoms with van der Waals surface area (Å²) < 4.78 is 17.0. The number of alkyl carbamates (subject to hydrolysis) is 1. The number of unbranched alkanes of at least 4 members (excludes halogenated alkanes) is 2. The number of ether oxygens (including phenoxy) is 3. The Balaban J connectivity index is 0.857. The maximum Gasteiger partial charge on any atom is 0.407 e. The van der Waals surface area contributed by atoms with Gasteiger partial charge in [-0.25, -0.2) is 9.59 Å². The molecule has 13 N–H and O–H groups in total. The summed E-state index contributed by atoms with van der Waals surface area (Å²) in [5.74, 6) is -3.03. The molecule has 7 rings (SSSR count). The second-order valence-corrected chi connectivity index (χ2v) is 25.5. The molecule has 0 spiro atoms. The van der Waals surface area contributed by atoms with E-state index in [0.29, 0.717) is 57.6 Å². The predicted molar refractivity (Wildman–Crippen MR) is 346 cm³/mol. The van der Waals surface area contributed by atoms with Crippen molar-refractivity contribution >= 4 is 110 Å². The maximum atomic E-state index is 14.4. The molecule has 1 saturated heterocycles. The van der Waals surface area contributed by atoms with Crippen molar-refractivity contribution in [3.8, 4) is 5.75 Å². The van der Waals surface area contributed by atoms with Crippen LogP contribution in [0.3, 0.4) is 0 Å². The van der Waals surface area contributed by atoms with E-state index in [2.05, 4.69) is 50.0 Å². The van der Waals surface area contributed by atoms with E-state index in [4.69, 9.17) is 31.5 Å². The first-order chi connectivity index (χ1) is 43.7. The third-order valence-corrected chi connectivity index (χ3v) is 17.1. The van der Waals surface area contributed by atoms with E-state index in [9.17, 15) is 63.6 Å². The van der Waals surface area contributed by atoms with Gasteiger partial charge in [0.15, 0.2) is 0 Å². The lowest BCUT2D eigenvalue weighted by atomic mass is 9.95. The van der Waals surface area contributed by atoms with Gasteiger partial charge in [-0.3, -0.25) is 38.5 Å². The molecule has 0 radical (unpaired) electrons. The normalized spacial score (nSPS) is 19.5. The van der Waals surface area contributed by atoms with Gasteiger partial charge in [0.05, 0.1) is 17.2 Å². The number of primary amides is 1. The highest BCUT2D eigenvalue weighted by Gasteiger charge is 2.46. The molecule has 1 aromatic heterocycles. The Morgan fingerprint density at radius 3 is 2.34 bits per heavy atom. The van der Waals surface area contributed by atoms with Crippen LogP contribution in [0.5, 0.6) is 5.75 Å². The number of hydrogen-bond acceptors (Lipinski definition) is 17. The Kier molecular flexibility index (Phi) is 25.0. The number of amides is 10. The Labute approximate surface area is 541 Å². The van der Waals surface area contributed by atoms with E-state index >= 15 is 0 Å². The molecule has 8 atom stereocenters. The molecule has 0 bridgehead atoms. The van der Waals surface area contributed by atoms with Gasteiger partial charge in [-0.2, -0.15) is 0 Å². The SMILES string of the molecule is C=C(/C=C\C(=C)NC(=O)C(CCCNC(N)=O)NC(=O)C(NC(=O)CCCCCN1C(=O)C=C(SCC(C)(C)C)C1=O)C(C)C)COC(=O)NCC(=O)Nc1ccc2[nH]c(C(=O)N3CC(CCl)c4c3cc(OC3OC(CO)C(O)C(O)C3O)c3ccccc43)cc2c1. The van der Waals surface area contributed by atoms with E-state index in [1.165, 1.54) is 34.9 Å². The molecule has 4 heterocycles. The fourth-order valence-electron chi connectivity index (χ4n) is 10.4. The number of fused-ring (bicyclic) bond motifs is 4. The average Bonchev–Trinajstić information content (AvgIpc) is 1.53. The molecule has 1 fully saturated rings. The standard InChI is InChI=1S/C64H81ClN10O16S/c1-34(2)53(73-49(77)17-9-8-12-23-74-51(79)27-48(60(74)86)92-33-64(5,6)7)58(84)72-43(16-13-22-67-62(66)87)57(83)69-36(4)19-18-35(3)32-89-63(88)68-29-50(78)70-39-20-21-42-37(24-39)25-44(71-42)59(85)75-30-38(28-65)52-41-15-11-10-14-40(41)46(26-45(52)75)90-61-56(82)55(81)54(80)47(31-76)91-61/h10-11,14-15,18-21,24-27,34,38,43,47,53-56,61,71,76,80-82H,3-4,8-9,12-13,16-17,22-23,28-33H2,1-2,5-7H3,(H,68,88)(H,69,83)(H,70,78)(H,72,84)(H,73,77)(H3,66,67,87)/b19-18-. The van der Waals surface area contributed by atoms with Crippen molar-refractivity contribution in [2.45, 2.75) is 122 Å². The highest BCUT2D eigenvalue weighted by molar-refractivity contribution is 8.04. The number of nitrogens with zero attached hydrogens (tertiary/aromatic N) is 2. The van der Waals surface area contributed by atoms with Crippen LogP contribution < -0.4 is 47.3 Å². The van der Waals surface area contributed by atoms with Gasteiger partial charge in [-0.15, -0.1) is 23.4 Å². The number of hydrogen-bond donors (Lipinski definition) is 12. The Morgan fingerprint density at radius 1 is 0.902 bits per heavy atom. The van der Waals surface area contributed by atoms with Gasteiger partial charge in [0, 0.05) is 83.4 Å². The van der Waals surface area contributed by atoms with Gasteiger partial charge in [0.25, 0.3) is 17.7 Å². The lowest BCUT2D eigenvalue weighted by molar-refractivity contribution is -0.277. The van der Waals surface area contributed by atoms with Crippen LogP contribution in [0, 0.1) is 11.3 Å². The van der Waals surface area contributed by atoms with Crippen LogP contribution in [0.25, 0.3) is 21.7 Å². The van der Waals surface area contributed by atoms with Gasteiger partial charge in [-0.1, -0.05) is 84.5 Å². The number of H-pyrrole nitrogens is 1. The number of rotatable bonds is 30. The summed E-state index contributed by atoms with van der Waals surface area (Å²) in [6.45, 7) is 16.4. The van der Waals surface area contributed by atoms with Gasteiger partial charge < -0.3 is 82.2 Å². The molecule has 3 aliphatic heterocycles. The highest BCUT2D eigenvalue weighted by Crippen LogP contribution is 2.47. The quantitative estimate of drug-likeness (QED) is 0.0147. The van der Waals surface area contributed by atoms with Crippen LogP contribution in [-0.4, -0.2) is 178 Å². The number of halogens is 1. The van der Waals surface area contributed by atoms with Crippen molar-refractivity contribution in [2.75, 3.05) is 61.2 Å². The van der Waals surface area contributed by atoms with E-state index in [0.717, 1.165) is 10.9 Å². The summed E-state index contributed by atoms with van der Waals surface area (Å²) in [6.07, 6.45) is -2.63. The molecule has 0 aliphatic carbocycles. The van der Waals surface area contributed by atoms with Crippen LogP contribution in [-0.2, 0) is 38.2 Å². The number of carbonyl (C=O) groups is 9. The third-order valence-electron chi connectivity index (χ3n) is 15.2. The first kappa shape index (κ1) is 71.1. The zero-order valence-corrected chi connectivity index (χ0v) is 53.5. The number of urea groups is 1. The zero-order chi connectivity index (χ0) is 67.1. The molecule has 3 aromatic carbocycles. The second-order valence-electron chi connectivity index (χ2n) is 24.2. The highest BCUT2D eigenvalue weighted by atomic mass is 35.5. The molecule has 8 unspecified atom stereocenters. The summed E-state index contributed by atoms with van der Waals surface area (Å²) in [5, 5.41) is 58.8. The monoisotopic (exact) mass is 1310 g/mol. The molecule has 3 aliphatic rings. The summed E-state index contributed by atoms with van der Waals surface area (Å²) in [7, 11) is 0. The molecular formula is C64H81ClN10O16S. The molecule has 26 nitrogen and oxygen atoms in total. The van der Waals surface area contributed by atoms with Gasteiger partial charge in [0.1, 0.15) is 61.1 Å². The summed E-state index contributed by atoms with van der Waals surface area (Å²) >= 11 is 7.88. The van der Waals surface area contributed by atoms with Crippen molar-refractivity contribution in [3.63, 3.8) is 0 Å². The number of carbonyl (C=O) groups excluding carboxylic acids is 9. The van der Waals surface area contributed by atoms with Crippen LogP contribution in [0.15, 0.2) is 102 Å². The van der Waals surface area contributed by atoms with Crippen molar-refractivity contribution in [1.29, 1.82) is 0 Å². The van der Waals surface area contributed by atoms with E-state index < -0.39 is 104 Å². The minimum atomic E-state index is -1.68. The molecule has 10 amide bonds. The van der Waals surface area contributed by atoms with Crippen LogP contribution >= 0.6 is 23.4 Å². The van der Waals surface area contributed by atoms with Crippen LogP contribution in [0.1, 0.15) is 95.1 Å². The lowest BCUT2D eigenvalue weighted by Crippen LogP contribution is -2.60. The van der Waals surface area contributed by atoms with Crippen molar-refractivity contribution in [3.05, 3.63) is 113 Å². The molecule has 4 aromatic rings. The van der Waals surface area contributed by atoms with E-state index in [1.807, 2.05) is 32.9 Å². The van der Waals surface area contributed by atoms with E-state index in [1.54, 1.807) is 61.2 Å². The number of aromatic nitrogens is 1. The minimum absolute atomic E-state index is 0.0248. The first-order valence-electron chi connectivity index (χ1n) is 30.1. The number of allylic oxidation sites excluding steroid dienone is 1. The van der Waals surface area contributed by atoms with Crippen molar-refractivity contribution in [1.82, 2.24) is 36.5 Å². The first-order valence-corrected chi connectivity index (χ1v) is 31.6. The predicted octanol–water partition coefficient (Wildman–Crippen LogP) is 4.56. The minimum Gasteiger partial charge on any atom is -0.461 e. The van der Waals surface area contributed by atoms with Crippen LogP contribution in [0.4, 0.5) is 21.0 Å². The largest absolute Gasteiger partial charge is 0.461 e. The topological polar surface area (TPSA) is 383 Å². The number of nitrogens with one attached hydrogen (secondary N) is 7. The van der Waals surface area contributed by atoms with E-state index in [-0.39, 0.29) is 97.2 Å². The zero-order valence-electron chi connectivity index (χ0n) is 51.9. The summed E-state index contributed by atoms with van der Waals surface area (Å²) in [5.41, 5.74) is 7.90. The van der Waals surface area contributed by atoms with Gasteiger partial charge >= 0.3 is 12.1 Å². The average molecular weight is 1310 g/mol. The smallest absolute Gasteiger partial charge is 0.407 e. The number of nitrogens with two attached hydrogens (primary N) is 1. The fraction of sp³-hybridized carbons (Fsp3) is 0.453. The van der Waals surface area contributed by atoms with Crippen LogP contribution in [0.2, 0.25) is 0 Å². The van der Waals surface area contributed by atoms with Gasteiger partial charge in [0.2, 0.25) is 29.9 Å². The lowest BCUT2D eigenvalue weighted by Gasteiger charge is -2.39. The Bertz CT molecular complexity index is 3510. The third kappa shape index (κ3) is 18.9.